The van der Waals surface area contributed by atoms with Crippen LogP contribution in [0, 0.1) is 5.95 Å². The van der Waals surface area contributed by atoms with Gasteiger partial charge in [-0.25, -0.2) is 4.98 Å². The van der Waals surface area contributed by atoms with Crippen LogP contribution in [0.25, 0.3) is 0 Å². The number of ether oxygens (including phenoxy) is 1. The quantitative estimate of drug-likeness (QED) is 0.876. The van der Waals surface area contributed by atoms with Crippen molar-refractivity contribution in [2.24, 2.45) is 0 Å². The van der Waals surface area contributed by atoms with Crippen LogP contribution >= 0.6 is 15.9 Å². The molecule has 0 amide bonds. The summed E-state index contributed by atoms with van der Waals surface area (Å²) in [6.07, 6.45) is 0. The summed E-state index contributed by atoms with van der Waals surface area (Å²) in [6.45, 7) is 0.568. The molecule has 5 heteroatoms. The van der Waals surface area contributed by atoms with Crippen LogP contribution < -0.4 is 10.1 Å². The molecule has 18 heavy (non-hydrogen) atoms. The van der Waals surface area contributed by atoms with Crippen molar-refractivity contribution in [2.45, 2.75) is 6.54 Å². The topological polar surface area (TPSA) is 34.1 Å². The third-order valence-electron chi connectivity index (χ3n) is 2.40. The summed E-state index contributed by atoms with van der Waals surface area (Å²) in [5.41, 5.74) is 1.05. The molecule has 0 radical (unpaired) electrons. The standard InChI is InChI=1S/C13H12BrFN2O/c1-18-11-6-5-9(7-10(11)14)8-16-13-4-2-3-12(15)17-13/h2-7H,8H2,1H3,(H,16,17). The van der Waals surface area contributed by atoms with Crippen molar-refractivity contribution in [3.8, 4) is 5.75 Å². The van der Waals surface area contributed by atoms with Gasteiger partial charge in [-0.15, -0.1) is 0 Å². The lowest BCUT2D eigenvalue weighted by molar-refractivity contribution is 0.412. The minimum atomic E-state index is -0.490. The maximum Gasteiger partial charge on any atom is 0.214 e. The molecule has 0 spiro atoms. The fourth-order valence-electron chi connectivity index (χ4n) is 1.52. The van der Waals surface area contributed by atoms with Crippen molar-refractivity contribution in [1.29, 1.82) is 0 Å². The van der Waals surface area contributed by atoms with Gasteiger partial charge in [0, 0.05) is 6.54 Å². The van der Waals surface area contributed by atoms with E-state index in [4.69, 9.17) is 4.74 Å². The van der Waals surface area contributed by atoms with Gasteiger partial charge in [0.2, 0.25) is 5.95 Å². The van der Waals surface area contributed by atoms with Crippen molar-refractivity contribution >= 4 is 21.7 Å². The van der Waals surface area contributed by atoms with E-state index in [2.05, 4.69) is 26.2 Å². The number of benzene rings is 1. The minimum absolute atomic E-state index is 0.490. The Morgan fingerprint density at radius 3 is 2.83 bits per heavy atom. The fourth-order valence-corrected chi connectivity index (χ4v) is 2.11. The van der Waals surface area contributed by atoms with Crippen LogP contribution in [0.4, 0.5) is 10.2 Å². The summed E-state index contributed by atoms with van der Waals surface area (Å²) in [6, 6.07) is 10.4. The number of hydrogen-bond donors (Lipinski definition) is 1. The number of methoxy groups -OCH3 is 1. The smallest absolute Gasteiger partial charge is 0.214 e. The van der Waals surface area contributed by atoms with Crippen LogP contribution in [-0.2, 0) is 6.54 Å². The van der Waals surface area contributed by atoms with E-state index in [1.807, 2.05) is 18.2 Å². The SMILES string of the molecule is COc1ccc(CNc2cccc(F)n2)cc1Br. The molecule has 0 saturated heterocycles. The largest absolute Gasteiger partial charge is 0.496 e. The van der Waals surface area contributed by atoms with Crippen LogP contribution in [0.15, 0.2) is 40.9 Å². The van der Waals surface area contributed by atoms with Crippen molar-refractivity contribution in [2.75, 3.05) is 12.4 Å². The molecule has 3 nitrogen and oxygen atoms in total. The van der Waals surface area contributed by atoms with Gasteiger partial charge in [-0.2, -0.15) is 4.39 Å². The Labute approximate surface area is 113 Å². The molecule has 2 rings (SSSR count). The Morgan fingerprint density at radius 2 is 2.17 bits per heavy atom. The van der Waals surface area contributed by atoms with E-state index >= 15 is 0 Å². The molecule has 1 N–H and O–H groups in total. The molecule has 1 aromatic heterocycles. The molecule has 1 heterocycles. The van der Waals surface area contributed by atoms with Crippen LogP contribution in [-0.4, -0.2) is 12.1 Å². The molecule has 0 bridgehead atoms. The van der Waals surface area contributed by atoms with Crippen LogP contribution in [0.1, 0.15) is 5.56 Å². The number of halogens is 2. The van der Waals surface area contributed by atoms with E-state index in [1.54, 1.807) is 19.2 Å². The van der Waals surface area contributed by atoms with Gasteiger partial charge in [0.25, 0.3) is 0 Å². The number of hydrogen-bond acceptors (Lipinski definition) is 3. The van der Waals surface area contributed by atoms with Crippen LogP contribution in [0.3, 0.4) is 0 Å². The number of aromatic nitrogens is 1. The third-order valence-corrected chi connectivity index (χ3v) is 3.02. The Balaban J connectivity index is 2.04. The summed E-state index contributed by atoms with van der Waals surface area (Å²) in [4.78, 5) is 3.73. The van der Waals surface area contributed by atoms with E-state index in [0.29, 0.717) is 12.4 Å². The predicted octanol–water partition coefficient (Wildman–Crippen LogP) is 3.60. The fraction of sp³-hybridized carbons (Fsp3) is 0.154. The number of rotatable bonds is 4. The first-order valence-electron chi connectivity index (χ1n) is 5.38. The molecule has 1 aromatic carbocycles. The maximum atomic E-state index is 12.9. The highest BCUT2D eigenvalue weighted by Crippen LogP contribution is 2.25. The zero-order valence-electron chi connectivity index (χ0n) is 9.78. The van der Waals surface area contributed by atoms with E-state index < -0.39 is 5.95 Å². The van der Waals surface area contributed by atoms with Gasteiger partial charge in [0.05, 0.1) is 11.6 Å². The van der Waals surface area contributed by atoms with E-state index in [9.17, 15) is 4.39 Å². The molecule has 0 aliphatic rings. The normalized spacial score (nSPS) is 10.2. The molecule has 0 unspecified atom stereocenters. The lowest BCUT2D eigenvalue weighted by atomic mass is 10.2. The number of nitrogens with zero attached hydrogens (tertiary/aromatic N) is 1. The second-order valence-electron chi connectivity index (χ2n) is 3.67. The second kappa shape index (κ2) is 5.82. The van der Waals surface area contributed by atoms with Crippen molar-refractivity contribution in [3.05, 3.63) is 52.4 Å². The molecule has 0 aliphatic heterocycles. The first kappa shape index (κ1) is 12.8. The summed E-state index contributed by atoms with van der Waals surface area (Å²) < 4.78 is 18.9. The average Bonchev–Trinajstić information content (AvgIpc) is 2.37. The van der Waals surface area contributed by atoms with E-state index in [0.717, 1.165) is 15.8 Å². The lowest BCUT2D eigenvalue weighted by Crippen LogP contribution is -2.02. The Kier molecular flexibility index (Phi) is 4.15. The van der Waals surface area contributed by atoms with E-state index in [1.165, 1.54) is 6.07 Å². The van der Waals surface area contributed by atoms with Crippen LogP contribution in [0.5, 0.6) is 5.75 Å². The second-order valence-corrected chi connectivity index (χ2v) is 4.52. The number of pyridine rings is 1. The first-order valence-corrected chi connectivity index (χ1v) is 6.17. The summed E-state index contributed by atoms with van der Waals surface area (Å²) in [7, 11) is 1.62. The Bertz CT molecular complexity index is 548. The summed E-state index contributed by atoms with van der Waals surface area (Å²) in [5.74, 6) is 0.806. The average molecular weight is 311 g/mol. The van der Waals surface area contributed by atoms with Gasteiger partial charge in [-0.05, 0) is 45.8 Å². The van der Waals surface area contributed by atoms with Crippen molar-refractivity contribution in [1.82, 2.24) is 4.98 Å². The summed E-state index contributed by atoms with van der Waals surface area (Å²) >= 11 is 3.42. The van der Waals surface area contributed by atoms with Gasteiger partial charge in [-0.1, -0.05) is 12.1 Å². The number of anilines is 1. The van der Waals surface area contributed by atoms with Gasteiger partial charge < -0.3 is 10.1 Å². The zero-order chi connectivity index (χ0) is 13.0. The minimum Gasteiger partial charge on any atom is -0.496 e. The molecule has 0 aliphatic carbocycles. The third kappa shape index (κ3) is 3.20. The molecule has 2 aromatic rings. The number of nitrogens with one attached hydrogen (secondary N) is 1. The summed E-state index contributed by atoms with van der Waals surface area (Å²) in [5, 5.41) is 3.05. The highest BCUT2D eigenvalue weighted by Gasteiger charge is 2.02. The highest BCUT2D eigenvalue weighted by atomic mass is 79.9. The Hall–Kier alpha value is -1.62. The molecular formula is C13H12BrFN2O. The van der Waals surface area contributed by atoms with Gasteiger partial charge in [0.15, 0.2) is 0 Å². The van der Waals surface area contributed by atoms with Gasteiger partial charge in [0.1, 0.15) is 11.6 Å². The highest BCUT2D eigenvalue weighted by molar-refractivity contribution is 9.10. The molecule has 0 saturated carbocycles. The predicted molar refractivity (Wildman–Crippen MR) is 72.2 cm³/mol. The Morgan fingerprint density at radius 1 is 1.33 bits per heavy atom. The lowest BCUT2D eigenvalue weighted by Gasteiger charge is -2.08. The first-order chi connectivity index (χ1) is 8.69. The van der Waals surface area contributed by atoms with E-state index in [-0.39, 0.29) is 0 Å². The van der Waals surface area contributed by atoms with Crippen LogP contribution in [0.2, 0.25) is 0 Å². The van der Waals surface area contributed by atoms with Crippen molar-refractivity contribution < 1.29 is 9.13 Å². The molecule has 94 valence electrons. The van der Waals surface area contributed by atoms with Gasteiger partial charge >= 0.3 is 0 Å². The zero-order valence-corrected chi connectivity index (χ0v) is 11.4. The molecule has 0 atom stereocenters. The molecular weight excluding hydrogens is 299 g/mol. The molecule has 0 fully saturated rings. The maximum absolute atomic E-state index is 12.9. The van der Waals surface area contributed by atoms with Gasteiger partial charge in [-0.3, -0.25) is 0 Å². The van der Waals surface area contributed by atoms with Crippen molar-refractivity contribution in [3.63, 3.8) is 0 Å². The monoisotopic (exact) mass is 310 g/mol.